The van der Waals surface area contributed by atoms with Crippen LogP contribution in [0.3, 0.4) is 0 Å². The first-order valence-corrected chi connectivity index (χ1v) is 8.14. The summed E-state index contributed by atoms with van der Waals surface area (Å²) in [5.41, 5.74) is 0. The molecular formula is C14H16N4O3S. The molecule has 0 spiro atoms. The number of fused-ring (bicyclic) bond motifs is 2. The lowest BCUT2D eigenvalue weighted by Gasteiger charge is -2.20. The second-order valence-corrected chi connectivity index (χ2v) is 6.72. The molecule has 1 amide bonds. The van der Waals surface area contributed by atoms with Crippen LogP contribution in [0, 0.1) is 6.92 Å². The Morgan fingerprint density at radius 1 is 1.45 bits per heavy atom. The van der Waals surface area contributed by atoms with Crippen molar-refractivity contribution in [3.63, 3.8) is 0 Å². The van der Waals surface area contributed by atoms with E-state index < -0.39 is 0 Å². The number of ether oxygens (including phenoxy) is 1. The first-order chi connectivity index (χ1) is 10.7. The number of nitrogens with one attached hydrogen (secondary N) is 2. The zero-order chi connectivity index (χ0) is 15.1. The van der Waals surface area contributed by atoms with Crippen LogP contribution in [-0.4, -0.2) is 34.2 Å². The zero-order valence-electron chi connectivity index (χ0n) is 12.0. The number of thiophene rings is 1. The number of carbonyl (C=O) groups is 1. The molecular weight excluding hydrogens is 304 g/mol. The highest BCUT2D eigenvalue weighted by molar-refractivity contribution is 7.15. The van der Waals surface area contributed by atoms with Crippen molar-refractivity contribution in [2.24, 2.45) is 0 Å². The fraction of sp³-hybridized carbons (Fsp3) is 0.500. The lowest BCUT2D eigenvalue weighted by molar-refractivity contribution is 0.0935. The Labute approximate surface area is 131 Å². The largest absolute Gasteiger partial charge is 0.421 e. The third-order valence-electron chi connectivity index (χ3n) is 4.12. The maximum Gasteiger partial charge on any atom is 0.421 e. The van der Waals surface area contributed by atoms with Crippen molar-refractivity contribution in [3.05, 3.63) is 22.9 Å². The summed E-state index contributed by atoms with van der Waals surface area (Å²) in [6, 6.07) is 4.71. The van der Waals surface area contributed by atoms with Crippen molar-refractivity contribution in [2.75, 3.05) is 0 Å². The Bertz CT molecular complexity index is 698. The van der Waals surface area contributed by atoms with Gasteiger partial charge in [0.2, 0.25) is 5.89 Å². The average molecular weight is 320 g/mol. The van der Waals surface area contributed by atoms with Gasteiger partial charge in [-0.15, -0.1) is 5.10 Å². The Morgan fingerprint density at radius 3 is 3.05 bits per heavy atom. The quantitative estimate of drug-likeness (QED) is 0.894. The number of rotatable bonds is 4. The molecule has 2 aromatic heterocycles. The van der Waals surface area contributed by atoms with Gasteiger partial charge >= 0.3 is 6.08 Å². The molecule has 8 heteroatoms. The van der Waals surface area contributed by atoms with Crippen LogP contribution >= 0.6 is 11.3 Å². The van der Waals surface area contributed by atoms with Gasteiger partial charge < -0.3 is 19.8 Å². The highest BCUT2D eigenvalue weighted by Gasteiger charge is 2.39. The maximum atomic E-state index is 12.3. The molecule has 2 aliphatic rings. The van der Waals surface area contributed by atoms with Gasteiger partial charge in [-0.3, -0.25) is 4.79 Å². The van der Waals surface area contributed by atoms with Crippen LogP contribution in [0.15, 0.2) is 16.5 Å². The molecule has 0 unspecified atom stereocenters. The summed E-state index contributed by atoms with van der Waals surface area (Å²) in [4.78, 5) is 12.9. The molecule has 2 bridgehead atoms. The molecule has 0 aromatic carbocycles. The van der Waals surface area contributed by atoms with E-state index in [-0.39, 0.29) is 18.0 Å². The van der Waals surface area contributed by atoms with E-state index in [1.54, 1.807) is 19.1 Å². The molecule has 2 fully saturated rings. The summed E-state index contributed by atoms with van der Waals surface area (Å²) in [6.07, 6.45) is 3.47. The fourth-order valence-electron chi connectivity index (χ4n) is 3.13. The summed E-state index contributed by atoms with van der Waals surface area (Å²) >= 11 is 1.27. The number of amides is 1. The molecule has 3 atom stereocenters. The van der Waals surface area contributed by atoms with Crippen LogP contribution in [0.25, 0.3) is 0 Å². The van der Waals surface area contributed by atoms with E-state index in [9.17, 15) is 4.79 Å². The third kappa shape index (κ3) is 2.59. The van der Waals surface area contributed by atoms with Gasteiger partial charge in [0.1, 0.15) is 0 Å². The van der Waals surface area contributed by atoms with E-state index >= 15 is 0 Å². The van der Waals surface area contributed by atoms with Gasteiger partial charge in [-0.2, -0.15) is 0 Å². The number of nitrogens with zero attached hydrogens (tertiary/aromatic N) is 2. The highest BCUT2D eigenvalue weighted by Crippen LogP contribution is 2.31. The molecule has 116 valence electrons. The number of hydrogen-bond donors (Lipinski definition) is 2. The standard InChI is InChI=1S/C14H16N4O3S/c1-7-17-18-14(20-7)21-12-5-4-11(22-12)13(19)16-10-6-8-2-3-9(10)15-8/h4-5,8-10,15H,2-3,6H2,1H3,(H,16,19)/t8-,9+,10-/m1/s1. The molecule has 0 aliphatic carbocycles. The topological polar surface area (TPSA) is 89.3 Å². The smallest absolute Gasteiger partial charge is 0.399 e. The molecule has 2 aliphatic heterocycles. The van der Waals surface area contributed by atoms with Gasteiger partial charge in [0, 0.05) is 25.0 Å². The lowest BCUT2D eigenvalue weighted by Crippen LogP contribution is -2.42. The van der Waals surface area contributed by atoms with Gasteiger partial charge in [-0.05, 0) is 31.4 Å². The van der Waals surface area contributed by atoms with Gasteiger partial charge in [0.05, 0.1) is 4.88 Å². The number of hydrogen-bond acceptors (Lipinski definition) is 7. The van der Waals surface area contributed by atoms with Gasteiger partial charge in [-0.25, -0.2) is 0 Å². The average Bonchev–Trinajstić information content (AvgIpc) is 3.24. The summed E-state index contributed by atoms with van der Waals surface area (Å²) < 4.78 is 10.6. The first-order valence-electron chi connectivity index (χ1n) is 7.32. The zero-order valence-corrected chi connectivity index (χ0v) is 12.9. The van der Waals surface area contributed by atoms with Crippen LogP contribution in [-0.2, 0) is 0 Å². The van der Waals surface area contributed by atoms with E-state index in [0.29, 0.717) is 27.9 Å². The third-order valence-corrected chi connectivity index (χ3v) is 5.08. The van der Waals surface area contributed by atoms with Crippen molar-refractivity contribution in [2.45, 2.75) is 44.3 Å². The predicted octanol–water partition coefficient (Wildman–Crippen LogP) is 1.85. The molecule has 2 saturated heterocycles. The lowest BCUT2D eigenvalue weighted by atomic mass is 9.95. The molecule has 0 radical (unpaired) electrons. The van der Waals surface area contributed by atoms with Crippen molar-refractivity contribution in [3.8, 4) is 11.1 Å². The Hall–Kier alpha value is -1.93. The molecule has 7 nitrogen and oxygen atoms in total. The van der Waals surface area contributed by atoms with E-state index in [1.807, 2.05) is 0 Å². The minimum atomic E-state index is -0.0547. The maximum absolute atomic E-state index is 12.3. The van der Waals surface area contributed by atoms with E-state index in [4.69, 9.17) is 9.15 Å². The van der Waals surface area contributed by atoms with E-state index in [2.05, 4.69) is 20.8 Å². The van der Waals surface area contributed by atoms with Crippen LogP contribution in [0.5, 0.6) is 11.1 Å². The van der Waals surface area contributed by atoms with Crippen molar-refractivity contribution in [1.82, 2.24) is 20.8 Å². The Morgan fingerprint density at radius 2 is 2.36 bits per heavy atom. The normalized spacial score (nSPS) is 26.3. The number of aromatic nitrogens is 2. The van der Waals surface area contributed by atoms with Crippen LogP contribution in [0.1, 0.15) is 34.8 Å². The Kier molecular flexibility index (Phi) is 3.34. The summed E-state index contributed by atoms with van der Waals surface area (Å²) in [5, 5.41) is 14.6. The van der Waals surface area contributed by atoms with Crippen LogP contribution in [0.4, 0.5) is 0 Å². The van der Waals surface area contributed by atoms with Crippen molar-refractivity contribution >= 4 is 17.2 Å². The molecule has 2 aromatic rings. The summed E-state index contributed by atoms with van der Waals surface area (Å²) in [5.74, 6) is 0.384. The van der Waals surface area contributed by atoms with Crippen molar-refractivity contribution in [1.29, 1.82) is 0 Å². The Balaban J connectivity index is 1.39. The fourth-order valence-corrected chi connectivity index (χ4v) is 3.88. The van der Waals surface area contributed by atoms with Gasteiger partial charge in [0.25, 0.3) is 5.91 Å². The second-order valence-electron chi connectivity index (χ2n) is 5.67. The number of aryl methyl sites for hydroxylation is 1. The predicted molar refractivity (Wildman–Crippen MR) is 79.2 cm³/mol. The molecule has 4 heterocycles. The number of carbonyl (C=O) groups excluding carboxylic acids is 1. The molecule has 2 N–H and O–H groups in total. The van der Waals surface area contributed by atoms with E-state index in [1.165, 1.54) is 17.8 Å². The monoisotopic (exact) mass is 320 g/mol. The molecule has 22 heavy (non-hydrogen) atoms. The summed E-state index contributed by atoms with van der Waals surface area (Å²) in [6.45, 7) is 1.69. The molecule has 0 saturated carbocycles. The first kappa shape index (κ1) is 13.7. The van der Waals surface area contributed by atoms with Crippen LogP contribution < -0.4 is 15.4 Å². The van der Waals surface area contributed by atoms with Crippen molar-refractivity contribution < 1.29 is 13.9 Å². The van der Waals surface area contributed by atoms with E-state index in [0.717, 1.165) is 12.8 Å². The molecule has 4 rings (SSSR count). The van der Waals surface area contributed by atoms with Crippen LogP contribution in [0.2, 0.25) is 0 Å². The van der Waals surface area contributed by atoms with Gasteiger partial charge in [0.15, 0.2) is 5.06 Å². The highest BCUT2D eigenvalue weighted by atomic mass is 32.1. The summed E-state index contributed by atoms with van der Waals surface area (Å²) in [7, 11) is 0. The minimum Gasteiger partial charge on any atom is -0.399 e. The van der Waals surface area contributed by atoms with Gasteiger partial charge in [-0.1, -0.05) is 16.4 Å². The minimum absolute atomic E-state index is 0.0547. The second kappa shape index (κ2) is 5.36. The SMILES string of the molecule is Cc1nnc(Oc2ccc(C(=O)N[C@@H]3C[C@H]4CC[C@@H]3N4)s2)o1.